The summed E-state index contributed by atoms with van der Waals surface area (Å²) in [5.41, 5.74) is 10.4. The molecule has 0 bridgehead atoms. The molecule has 1 aromatic carbocycles. The van der Waals surface area contributed by atoms with Gasteiger partial charge in [-0.05, 0) is 42.5 Å². The first-order valence-electron chi connectivity index (χ1n) is 9.64. The van der Waals surface area contributed by atoms with Gasteiger partial charge in [-0.25, -0.2) is 4.98 Å². The van der Waals surface area contributed by atoms with E-state index in [1.807, 2.05) is 18.3 Å². The van der Waals surface area contributed by atoms with Crippen LogP contribution in [-0.2, 0) is 6.54 Å². The smallest absolute Gasteiger partial charge is 0.269 e. The standard InChI is InChI=1S/C21H25N5O2/c1-14-9-15(2)11-24(10-14)13-19-21(16-3-6-18(7-4-16)26(27)28)23-20-8-5-17(22)12-25(19)20/h3-8,12,14-15H,9-11,13,22H2,1-2H3. The van der Waals surface area contributed by atoms with E-state index in [0.29, 0.717) is 17.5 Å². The summed E-state index contributed by atoms with van der Waals surface area (Å²) in [7, 11) is 0. The fraction of sp³-hybridized carbons (Fsp3) is 0.381. The molecule has 3 aromatic rings. The van der Waals surface area contributed by atoms with Crippen molar-refractivity contribution in [2.75, 3.05) is 18.8 Å². The van der Waals surface area contributed by atoms with Gasteiger partial charge in [0.15, 0.2) is 0 Å². The van der Waals surface area contributed by atoms with Crippen LogP contribution < -0.4 is 5.73 Å². The normalized spacial score (nSPS) is 20.5. The van der Waals surface area contributed by atoms with Crippen molar-refractivity contribution in [3.05, 3.63) is 58.4 Å². The Morgan fingerprint density at radius 1 is 1.14 bits per heavy atom. The van der Waals surface area contributed by atoms with Gasteiger partial charge in [0.2, 0.25) is 0 Å². The van der Waals surface area contributed by atoms with Gasteiger partial charge in [-0.2, -0.15) is 0 Å². The predicted molar refractivity (Wildman–Crippen MR) is 110 cm³/mol. The quantitative estimate of drug-likeness (QED) is 0.547. The summed E-state index contributed by atoms with van der Waals surface area (Å²) in [6.07, 6.45) is 3.16. The molecule has 3 heterocycles. The Labute approximate surface area is 163 Å². The number of hydrogen-bond donors (Lipinski definition) is 1. The number of piperidine rings is 1. The fourth-order valence-corrected chi connectivity index (χ4v) is 4.37. The third-order valence-corrected chi connectivity index (χ3v) is 5.41. The van der Waals surface area contributed by atoms with E-state index in [4.69, 9.17) is 10.7 Å². The van der Waals surface area contributed by atoms with Crippen LogP contribution in [0.2, 0.25) is 0 Å². The number of fused-ring (bicyclic) bond motifs is 1. The third kappa shape index (κ3) is 3.57. The van der Waals surface area contributed by atoms with Crippen molar-refractivity contribution in [2.45, 2.75) is 26.8 Å². The lowest BCUT2D eigenvalue weighted by atomic mass is 9.92. The second kappa shape index (κ2) is 7.24. The average Bonchev–Trinajstić information content (AvgIpc) is 2.98. The number of nitrogens with zero attached hydrogens (tertiary/aromatic N) is 4. The molecule has 2 N–H and O–H groups in total. The molecule has 7 heteroatoms. The molecule has 2 unspecified atom stereocenters. The van der Waals surface area contributed by atoms with Gasteiger partial charge in [0.05, 0.1) is 16.3 Å². The van der Waals surface area contributed by atoms with E-state index < -0.39 is 0 Å². The molecule has 0 saturated carbocycles. The lowest BCUT2D eigenvalue weighted by Crippen LogP contribution is -2.38. The zero-order valence-electron chi connectivity index (χ0n) is 16.2. The minimum Gasteiger partial charge on any atom is -0.398 e. The molecule has 2 atom stereocenters. The molecular formula is C21H25N5O2. The van der Waals surface area contributed by atoms with Crippen molar-refractivity contribution in [3.63, 3.8) is 0 Å². The fourth-order valence-electron chi connectivity index (χ4n) is 4.37. The van der Waals surface area contributed by atoms with Gasteiger partial charge in [0, 0.05) is 49.2 Å². The lowest BCUT2D eigenvalue weighted by Gasteiger charge is -2.35. The van der Waals surface area contributed by atoms with E-state index in [1.165, 1.54) is 18.6 Å². The first kappa shape index (κ1) is 18.4. The van der Waals surface area contributed by atoms with Crippen LogP contribution in [-0.4, -0.2) is 32.3 Å². The van der Waals surface area contributed by atoms with Crippen LogP contribution in [0.15, 0.2) is 42.6 Å². The van der Waals surface area contributed by atoms with E-state index in [9.17, 15) is 10.1 Å². The Morgan fingerprint density at radius 3 is 2.46 bits per heavy atom. The van der Waals surface area contributed by atoms with Crippen LogP contribution in [0, 0.1) is 22.0 Å². The van der Waals surface area contributed by atoms with Gasteiger partial charge in [-0.3, -0.25) is 15.0 Å². The Morgan fingerprint density at radius 2 is 1.82 bits per heavy atom. The van der Waals surface area contributed by atoms with Crippen molar-refractivity contribution in [1.29, 1.82) is 0 Å². The summed E-state index contributed by atoms with van der Waals surface area (Å²) in [5, 5.41) is 11.0. The minimum atomic E-state index is -0.383. The van der Waals surface area contributed by atoms with Crippen LogP contribution in [0.1, 0.15) is 26.0 Å². The van der Waals surface area contributed by atoms with E-state index in [2.05, 4.69) is 23.1 Å². The molecule has 28 heavy (non-hydrogen) atoms. The summed E-state index contributed by atoms with van der Waals surface area (Å²) in [6, 6.07) is 10.4. The minimum absolute atomic E-state index is 0.0805. The highest BCUT2D eigenvalue weighted by atomic mass is 16.6. The number of nitro benzene ring substituents is 1. The Bertz CT molecular complexity index is 1000. The lowest BCUT2D eigenvalue weighted by molar-refractivity contribution is -0.384. The molecule has 1 saturated heterocycles. The van der Waals surface area contributed by atoms with Crippen molar-refractivity contribution in [2.24, 2.45) is 11.8 Å². The van der Waals surface area contributed by atoms with Gasteiger partial charge < -0.3 is 10.1 Å². The number of nitrogen functional groups attached to an aromatic ring is 1. The Hall–Kier alpha value is -2.93. The predicted octanol–water partition coefficient (Wildman–Crippen LogP) is 3.97. The van der Waals surface area contributed by atoms with E-state index in [-0.39, 0.29) is 10.6 Å². The van der Waals surface area contributed by atoms with Gasteiger partial charge in [0.1, 0.15) is 5.65 Å². The first-order chi connectivity index (χ1) is 13.4. The molecule has 1 fully saturated rings. The van der Waals surface area contributed by atoms with Crippen molar-refractivity contribution < 1.29 is 4.92 Å². The number of imidazole rings is 1. The molecule has 4 rings (SSSR count). The van der Waals surface area contributed by atoms with Crippen LogP contribution in [0.5, 0.6) is 0 Å². The number of aromatic nitrogens is 2. The average molecular weight is 379 g/mol. The highest BCUT2D eigenvalue weighted by Crippen LogP contribution is 2.30. The molecule has 146 valence electrons. The SMILES string of the molecule is CC1CC(C)CN(Cc2c(-c3ccc([N+](=O)[O-])cc3)nc3ccc(N)cn23)C1. The molecule has 0 amide bonds. The number of non-ortho nitro benzene ring substituents is 1. The third-order valence-electron chi connectivity index (χ3n) is 5.41. The number of anilines is 1. The highest BCUT2D eigenvalue weighted by molar-refractivity contribution is 5.68. The maximum absolute atomic E-state index is 11.0. The van der Waals surface area contributed by atoms with Crippen LogP contribution >= 0.6 is 0 Å². The van der Waals surface area contributed by atoms with E-state index >= 15 is 0 Å². The summed E-state index contributed by atoms with van der Waals surface area (Å²) < 4.78 is 2.05. The number of pyridine rings is 1. The van der Waals surface area contributed by atoms with Crippen molar-refractivity contribution in [1.82, 2.24) is 14.3 Å². The maximum atomic E-state index is 11.0. The molecule has 7 nitrogen and oxygen atoms in total. The largest absolute Gasteiger partial charge is 0.398 e. The highest BCUT2D eigenvalue weighted by Gasteiger charge is 2.24. The number of likely N-dealkylation sites (tertiary alicyclic amines) is 1. The van der Waals surface area contributed by atoms with E-state index in [0.717, 1.165) is 42.2 Å². The zero-order chi connectivity index (χ0) is 19.8. The van der Waals surface area contributed by atoms with Crippen molar-refractivity contribution >= 4 is 17.0 Å². The number of rotatable bonds is 4. The molecule has 0 aliphatic carbocycles. The summed E-state index contributed by atoms with van der Waals surface area (Å²) in [6.45, 7) is 7.48. The first-order valence-corrected chi connectivity index (χ1v) is 9.64. The maximum Gasteiger partial charge on any atom is 0.269 e. The van der Waals surface area contributed by atoms with Crippen LogP contribution in [0.25, 0.3) is 16.9 Å². The zero-order valence-corrected chi connectivity index (χ0v) is 16.2. The second-order valence-corrected chi connectivity index (χ2v) is 8.04. The van der Waals surface area contributed by atoms with Crippen LogP contribution in [0.3, 0.4) is 0 Å². The summed E-state index contributed by atoms with van der Waals surface area (Å²) in [4.78, 5) is 17.9. The number of hydrogen-bond acceptors (Lipinski definition) is 5. The van der Waals surface area contributed by atoms with Crippen LogP contribution in [0.4, 0.5) is 11.4 Å². The van der Waals surface area contributed by atoms with Gasteiger partial charge in [-0.15, -0.1) is 0 Å². The van der Waals surface area contributed by atoms with Gasteiger partial charge in [0.25, 0.3) is 5.69 Å². The molecule has 1 aliphatic rings. The van der Waals surface area contributed by atoms with Gasteiger partial charge >= 0.3 is 0 Å². The molecule has 2 aromatic heterocycles. The topological polar surface area (TPSA) is 89.7 Å². The Balaban J connectivity index is 1.77. The summed E-state index contributed by atoms with van der Waals surface area (Å²) in [5.74, 6) is 1.33. The monoisotopic (exact) mass is 379 g/mol. The van der Waals surface area contributed by atoms with Gasteiger partial charge in [-0.1, -0.05) is 13.8 Å². The number of nitrogens with two attached hydrogens (primary N) is 1. The van der Waals surface area contributed by atoms with E-state index in [1.54, 1.807) is 12.1 Å². The summed E-state index contributed by atoms with van der Waals surface area (Å²) >= 11 is 0. The molecule has 0 radical (unpaired) electrons. The second-order valence-electron chi connectivity index (χ2n) is 8.04. The molecule has 0 spiro atoms. The molecular weight excluding hydrogens is 354 g/mol. The number of benzene rings is 1. The van der Waals surface area contributed by atoms with Crippen molar-refractivity contribution in [3.8, 4) is 11.3 Å². The Kier molecular flexibility index (Phi) is 4.77. The molecule has 1 aliphatic heterocycles. The number of nitro groups is 1.